The third kappa shape index (κ3) is 11.2. The number of hydrogen-bond donors (Lipinski definition) is 1. The van der Waals surface area contributed by atoms with Gasteiger partial charge in [-0.15, -0.1) is 0 Å². The first kappa shape index (κ1) is 44.4. The normalized spacial score (nSPS) is 17.0. The summed E-state index contributed by atoms with van der Waals surface area (Å²) in [6, 6.07) is 43.9. The minimum atomic E-state index is -0.843. The fourth-order valence-corrected chi connectivity index (χ4v) is 10.7. The van der Waals surface area contributed by atoms with Gasteiger partial charge in [0.05, 0.1) is 5.41 Å². The second kappa shape index (κ2) is 21.9. The van der Waals surface area contributed by atoms with Gasteiger partial charge in [0.1, 0.15) is 12.4 Å². The number of rotatable bonds is 13. The largest absolute Gasteiger partial charge is 0.449 e. The minimum Gasteiger partial charge on any atom is -0.449 e. The van der Waals surface area contributed by atoms with E-state index in [0.717, 1.165) is 16.7 Å². The average Bonchev–Trinajstić information content (AvgIpc) is 3.59. The van der Waals surface area contributed by atoms with Crippen molar-refractivity contribution < 1.29 is 14.3 Å². The van der Waals surface area contributed by atoms with Gasteiger partial charge in [0, 0.05) is 29.8 Å². The van der Waals surface area contributed by atoms with Gasteiger partial charge in [0.15, 0.2) is 0 Å². The van der Waals surface area contributed by atoms with Gasteiger partial charge in [-0.2, -0.15) is 0 Å². The zero-order valence-electron chi connectivity index (χ0n) is 36.6. The highest BCUT2D eigenvalue weighted by Crippen LogP contribution is 2.47. The quantitative estimate of drug-likeness (QED) is 0.120. The molecule has 5 heteroatoms. The minimum absolute atomic E-state index is 0.0405. The van der Waals surface area contributed by atoms with Crippen molar-refractivity contribution >= 4 is 23.5 Å². The molecule has 1 saturated carbocycles. The van der Waals surface area contributed by atoms with Gasteiger partial charge < -0.3 is 10.1 Å². The summed E-state index contributed by atoms with van der Waals surface area (Å²) in [4.78, 5) is 28.4. The van der Waals surface area contributed by atoms with Crippen molar-refractivity contribution in [3.8, 4) is 11.1 Å². The Balaban J connectivity index is 1.13. The van der Waals surface area contributed by atoms with Crippen LogP contribution in [0.25, 0.3) is 11.1 Å². The van der Waals surface area contributed by atoms with Crippen molar-refractivity contribution in [3.05, 3.63) is 166 Å². The Morgan fingerprint density at radius 1 is 0.639 bits per heavy atom. The Morgan fingerprint density at radius 2 is 1.15 bits per heavy atom. The number of ether oxygens (including phenoxy) is 1. The van der Waals surface area contributed by atoms with Crippen molar-refractivity contribution in [1.29, 1.82) is 0 Å². The average molecular weight is 837 g/mol. The van der Waals surface area contributed by atoms with E-state index in [9.17, 15) is 9.59 Å². The summed E-state index contributed by atoms with van der Waals surface area (Å²) in [6.45, 7) is 4.48. The van der Waals surface area contributed by atoms with E-state index in [1.54, 1.807) is 0 Å². The van der Waals surface area contributed by atoms with Crippen LogP contribution in [0.4, 0.5) is 4.79 Å². The molecule has 1 N–H and O–H groups in total. The van der Waals surface area contributed by atoms with Crippen molar-refractivity contribution in [2.75, 3.05) is 6.61 Å². The molecule has 0 heterocycles. The Hall–Kier alpha value is -4.67. The van der Waals surface area contributed by atoms with Crippen LogP contribution in [0.5, 0.6) is 0 Å². The van der Waals surface area contributed by atoms with Crippen LogP contribution in [-0.4, -0.2) is 24.5 Å². The van der Waals surface area contributed by atoms with Gasteiger partial charge in [-0.25, -0.2) is 4.79 Å². The van der Waals surface area contributed by atoms with Crippen molar-refractivity contribution in [2.45, 2.75) is 140 Å². The summed E-state index contributed by atoms with van der Waals surface area (Å²) >= 11 is 7.16. The highest BCUT2D eigenvalue weighted by atomic mass is 35.5. The molecule has 2 aliphatic carbocycles. The maximum atomic E-state index is 14.8. The molecule has 0 radical (unpaired) electrons. The van der Waals surface area contributed by atoms with Gasteiger partial charge >= 0.3 is 6.09 Å². The maximum absolute atomic E-state index is 14.8. The first-order valence-electron chi connectivity index (χ1n) is 23.4. The number of benzene rings is 5. The van der Waals surface area contributed by atoms with E-state index in [2.05, 4.69) is 110 Å². The third-order valence-electron chi connectivity index (χ3n) is 13.4. The Kier molecular flexibility index (Phi) is 15.9. The highest BCUT2D eigenvalue weighted by molar-refractivity contribution is 6.31. The summed E-state index contributed by atoms with van der Waals surface area (Å²) < 4.78 is 5.99. The first-order valence-corrected chi connectivity index (χ1v) is 23.8. The zero-order chi connectivity index (χ0) is 42.4. The lowest BCUT2D eigenvalue weighted by molar-refractivity contribution is -0.120. The lowest BCUT2D eigenvalue weighted by Gasteiger charge is -2.37. The first-order chi connectivity index (χ1) is 29.8. The molecule has 0 spiro atoms. The van der Waals surface area contributed by atoms with Gasteiger partial charge in [-0.1, -0.05) is 217 Å². The molecule has 0 aliphatic heterocycles. The van der Waals surface area contributed by atoms with E-state index in [4.69, 9.17) is 16.3 Å². The molecule has 5 aromatic rings. The molecular formula is C56H66ClNO3. The molecule has 0 saturated heterocycles. The number of carbonyl (C=O) groups excluding carboxylic acids is 2. The molecule has 1 fully saturated rings. The van der Waals surface area contributed by atoms with Gasteiger partial charge in [0.2, 0.25) is 0 Å². The fourth-order valence-electron chi connectivity index (χ4n) is 10.4. The third-order valence-corrected chi connectivity index (χ3v) is 13.8. The molecule has 7 rings (SSSR count). The fraction of sp³-hybridized carbons (Fsp3) is 0.429. The molecule has 0 aromatic heterocycles. The molecule has 2 atom stereocenters. The summed E-state index contributed by atoms with van der Waals surface area (Å²) in [5, 5.41) is 3.76. The number of halogens is 1. The molecule has 1 amide bonds. The number of nitrogens with one attached hydrogen (secondary N) is 1. The van der Waals surface area contributed by atoms with E-state index in [-0.39, 0.29) is 43.1 Å². The van der Waals surface area contributed by atoms with E-state index < -0.39 is 11.5 Å². The zero-order valence-corrected chi connectivity index (χ0v) is 37.3. The van der Waals surface area contributed by atoms with Crippen LogP contribution < -0.4 is 5.32 Å². The number of alkyl carbamates (subject to hydrolysis) is 1. The Bertz CT molecular complexity index is 2100. The molecule has 1 unspecified atom stereocenters. The summed E-state index contributed by atoms with van der Waals surface area (Å²) in [5.74, 6) is 0.807. The van der Waals surface area contributed by atoms with Crippen LogP contribution in [0.3, 0.4) is 0 Å². The van der Waals surface area contributed by atoms with Crippen LogP contribution in [-0.2, 0) is 14.9 Å². The van der Waals surface area contributed by atoms with Crippen LogP contribution in [0.15, 0.2) is 127 Å². The number of Topliss-reactive ketones (excluding diaryl/α,β-unsaturated/α-hetero) is 1. The Labute approximate surface area is 370 Å². The van der Waals surface area contributed by atoms with Gasteiger partial charge in [-0.05, 0) is 81.7 Å². The highest BCUT2D eigenvalue weighted by Gasteiger charge is 2.40. The number of ketones is 1. The lowest BCUT2D eigenvalue weighted by atomic mass is 9.66. The van der Waals surface area contributed by atoms with Gasteiger partial charge in [0.25, 0.3) is 0 Å². The van der Waals surface area contributed by atoms with Crippen LogP contribution in [0.1, 0.15) is 162 Å². The summed E-state index contributed by atoms with van der Waals surface area (Å²) in [7, 11) is 0. The van der Waals surface area contributed by atoms with E-state index in [1.165, 1.54) is 111 Å². The lowest BCUT2D eigenvalue weighted by Crippen LogP contribution is -2.40. The van der Waals surface area contributed by atoms with E-state index in [0.29, 0.717) is 17.4 Å². The molecular weight excluding hydrogens is 770 g/mol. The van der Waals surface area contributed by atoms with Crippen molar-refractivity contribution in [2.24, 2.45) is 5.92 Å². The molecule has 0 bridgehead atoms. The monoisotopic (exact) mass is 835 g/mol. The molecule has 61 heavy (non-hydrogen) atoms. The van der Waals surface area contributed by atoms with E-state index in [1.807, 2.05) is 36.4 Å². The second-order valence-corrected chi connectivity index (χ2v) is 18.7. The smallest absolute Gasteiger partial charge is 0.407 e. The molecule has 320 valence electrons. The van der Waals surface area contributed by atoms with Crippen molar-refractivity contribution in [1.82, 2.24) is 5.32 Å². The molecule has 5 aromatic carbocycles. The van der Waals surface area contributed by atoms with Crippen LogP contribution >= 0.6 is 11.6 Å². The van der Waals surface area contributed by atoms with Gasteiger partial charge in [-0.3, -0.25) is 4.79 Å². The SMILES string of the molecule is CC(C)C[C@H](CC(=O)CC(c1ccccc1)(c1ccc(C2CCCCCCCCCCCCC2)cc1)c1ccccc1Cl)NC(=O)OCC1c2ccccc2-c2ccccc21. The second-order valence-electron chi connectivity index (χ2n) is 18.3. The number of hydrogen-bond acceptors (Lipinski definition) is 3. The number of amides is 1. The number of carbonyl (C=O) groups is 2. The van der Waals surface area contributed by atoms with E-state index >= 15 is 0 Å². The van der Waals surface area contributed by atoms with Crippen molar-refractivity contribution in [3.63, 3.8) is 0 Å². The number of fused-ring (bicyclic) bond motifs is 3. The maximum Gasteiger partial charge on any atom is 0.407 e. The molecule has 2 aliphatic rings. The topological polar surface area (TPSA) is 55.4 Å². The standard InChI is InChI=1S/C56H66ClNO3/c1-41(2)37-46(58-55(60)61-40-52-50-29-19-17-27-48(50)49-28-18-20-30-51(49)52)38-47(59)39-56(44-25-15-12-16-26-44,53-31-21-22-32-54(53)57)45-35-33-43(34-36-45)42-23-13-10-8-6-4-3-5-7-9-11-14-24-42/h12,15-22,25-36,41-42,46,52H,3-11,13-14,23-24,37-40H2,1-2H3,(H,58,60)/t46-,56?/m1/s1. The Morgan fingerprint density at radius 3 is 1.72 bits per heavy atom. The predicted molar refractivity (Wildman–Crippen MR) is 253 cm³/mol. The molecule has 4 nitrogen and oxygen atoms in total. The van der Waals surface area contributed by atoms with Crippen LogP contribution in [0.2, 0.25) is 5.02 Å². The summed E-state index contributed by atoms with van der Waals surface area (Å²) in [6.07, 6.45) is 17.7. The predicted octanol–water partition coefficient (Wildman–Crippen LogP) is 15.1. The van der Waals surface area contributed by atoms with Crippen LogP contribution in [0, 0.1) is 5.92 Å². The summed E-state index contributed by atoms with van der Waals surface area (Å²) in [5.41, 5.74) is 8.25.